The van der Waals surface area contributed by atoms with Crippen LogP contribution in [0.5, 0.6) is 0 Å². The second kappa shape index (κ2) is 16.3. The molecule has 4 rings (SSSR count). The van der Waals surface area contributed by atoms with Crippen molar-refractivity contribution >= 4 is 17.7 Å². The van der Waals surface area contributed by atoms with E-state index in [9.17, 15) is 14.4 Å². The third kappa shape index (κ3) is 9.67. The average molecular weight is 676 g/mol. The number of carbonyl (C=O) groups is 2. The fourth-order valence-corrected chi connectivity index (χ4v) is 7.12. The Morgan fingerprint density at radius 1 is 1.10 bits per heavy atom. The highest BCUT2D eigenvalue weighted by Crippen LogP contribution is 2.30. The maximum absolute atomic E-state index is 13.9. The third-order valence-electron chi connectivity index (χ3n) is 9.39. The number of aryl methyl sites for hydroxylation is 1. The van der Waals surface area contributed by atoms with Crippen LogP contribution in [0, 0.1) is 25.7 Å². The Labute approximate surface area is 292 Å². The molecule has 2 unspecified atom stereocenters. The standard InChI is InChI=1S/C39H57N5O5/c1-11-43(31-14-17-48-18-15-31)35-21-30(13-12-16-42-23-27(5)44(28(6)24-42)38(47)49-39(8,9)10)20-33(29(35)7)36(45)40-22-34-32(25(2)3)19-26(4)41-37(34)46/h19-21,25,27-28,31H,11,14-18,22-24H2,1-10H3,(H,40,45)(H,41,46). The molecule has 2 amide bonds. The lowest BCUT2D eigenvalue weighted by molar-refractivity contribution is -0.0129. The van der Waals surface area contributed by atoms with E-state index in [4.69, 9.17) is 9.47 Å². The first kappa shape index (κ1) is 38.0. The topological polar surface area (TPSA) is 107 Å². The maximum atomic E-state index is 13.9. The van der Waals surface area contributed by atoms with Crippen molar-refractivity contribution < 1.29 is 19.1 Å². The highest BCUT2D eigenvalue weighted by molar-refractivity contribution is 5.97. The van der Waals surface area contributed by atoms with Crippen LogP contribution in [-0.2, 0) is 16.0 Å². The predicted molar refractivity (Wildman–Crippen MR) is 195 cm³/mol. The van der Waals surface area contributed by atoms with Crippen LogP contribution in [0.25, 0.3) is 0 Å². The number of piperazine rings is 1. The minimum absolute atomic E-state index is 0.0174. The van der Waals surface area contributed by atoms with Crippen LogP contribution in [0.4, 0.5) is 10.5 Å². The maximum Gasteiger partial charge on any atom is 0.410 e. The van der Waals surface area contributed by atoms with E-state index >= 15 is 0 Å². The fraction of sp³-hybridized carbons (Fsp3) is 0.615. The smallest absolute Gasteiger partial charge is 0.410 e. The van der Waals surface area contributed by atoms with Gasteiger partial charge in [-0.1, -0.05) is 25.7 Å². The van der Waals surface area contributed by atoms with Crippen molar-refractivity contribution in [1.29, 1.82) is 0 Å². The van der Waals surface area contributed by atoms with E-state index in [0.717, 1.165) is 47.5 Å². The number of rotatable bonds is 8. The molecule has 2 aliphatic heterocycles. The van der Waals surface area contributed by atoms with Crippen LogP contribution in [0.3, 0.4) is 0 Å². The molecule has 0 spiro atoms. The number of carbonyl (C=O) groups excluding carboxylic acids is 2. The summed E-state index contributed by atoms with van der Waals surface area (Å²) in [6, 6.07) is 6.23. The number of anilines is 1. The number of aromatic amines is 1. The molecule has 3 heterocycles. The van der Waals surface area contributed by atoms with E-state index in [-0.39, 0.29) is 42.1 Å². The fourth-order valence-electron chi connectivity index (χ4n) is 7.12. The quantitative estimate of drug-likeness (QED) is 0.344. The van der Waals surface area contributed by atoms with Gasteiger partial charge in [-0.2, -0.15) is 0 Å². The van der Waals surface area contributed by atoms with Crippen molar-refractivity contribution in [3.8, 4) is 11.8 Å². The summed E-state index contributed by atoms with van der Waals surface area (Å²) < 4.78 is 11.3. The van der Waals surface area contributed by atoms with Gasteiger partial charge in [-0.25, -0.2) is 4.79 Å². The minimum Gasteiger partial charge on any atom is -0.444 e. The normalized spacial score (nSPS) is 19.0. The summed E-state index contributed by atoms with van der Waals surface area (Å²) in [5, 5.41) is 3.05. The van der Waals surface area contributed by atoms with Crippen LogP contribution in [0.15, 0.2) is 23.0 Å². The van der Waals surface area contributed by atoms with Crippen LogP contribution in [0.1, 0.15) is 112 Å². The van der Waals surface area contributed by atoms with Crippen molar-refractivity contribution in [2.45, 2.75) is 118 Å². The van der Waals surface area contributed by atoms with E-state index in [1.807, 2.05) is 65.5 Å². The number of ether oxygens (including phenoxy) is 2. The van der Waals surface area contributed by atoms with E-state index in [1.54, 1.807) is 0 Å². The molecule has 2 N–H and O–H groups in total. The van der Waals surface area contributed by atoms with Gasteiger partial charge in [0.25, 0.3) is 11.5 Å². The molecule has 0 radical (unpaired) electrons. The first-order valence-corrected chi connectivity index (χ1v) is 17.8. The Kier molecular flexibility index (Phi) is 12.6. The van der Waals surface area contributed by atoms with Crippen molar-refractivity contribution in [2.24, 2.45) is 0 Å². The number of aromatic nitrogens is 1. The van der Waals surface area contributed by atoms with Gasteiger partial charge < -0.3 is 29.6 Å². The predicted octanol–water partition coefficient (Wildman–Crippen LogP) is 5.73. The summed E-state index contributed by atoms with van der Waals surface area (Å²) in [5.41, 5.74) is 4.80. The number of H-pyrrole nitrogens is 1. The van der Waals surface area contributed by atoms with Gasteiger partial charge >= 0.3 is 6.09 Å². The van der Waals surface area contributed by atoms with Gasteiger partial charge in [0.1, 0.15) is 5.60 Å². The second-order valence-electron chi connectivity index (χ2n) is 14.9. The van der Waals surface area contributed by atoms with Crippen LogP contribution in [0.2, 0.25) is 0 Å². The summed E-state index contributed by atoms with van der Waals surface area (Å²) in [7, 11) is 0. The van der Waals surface area contributed by atoms with E-state index in [0.29, 0.717) is 50.0 Å². The molecule has 2 aliphatic rings. The van der Waals surface area contributed by atoms with Crippen molar-refractivity contribution in [3.63, 3.8) is 0 Å². The molecular formula is C39H57N5O5. The molecule has 1 aromatic carbocycles. The Morgan fingerprint density at radius 2 is 1.76 bits per heavy atom. The first-order chi connectivity index (χ1) is 23.1. The lowest BCUT2D eigenvalue weighted by Crippen LogP contribution is -2.59. The Hall–Kier alpha value is -3.81. The van der Waals surface area contributed by atoms with Gasteiger partial charge in [0.05, 0.1) is 6.54 Å². The number of pyridine rings is 1. The molecule has 2 aromatic rings. The summed E-state index contributed by atoms with van der Waals surface area (Å²) >= 11 is 0. The largest absolute Gasteiger partial charge is 0.444 e. The zero-order valence-electron chi connectivity index (χ0n) is 31.3. The Balaban J connectivity index is 1.60. The van der Waals surface area contributed by atoms with Crippen molar-refractivity contribution in [2.75, 3.05) is 44.3 Å². The number of nitrogens with zero attached hydrogens (tertiary/aromatic N) is 3. The van der Waals surface area contributed by atoms with Crippen LogP contribution < -0.4 is 15.8 Å². The highest BCUT2D eigenvalue weighted by atomic mass is 16.6. The monoisotopic (exact) mass is 675 g/mol. The molecule has 10 nitrogen and oxygen atoms in total. The molecule has 268 valence electrons. The third-order valence-corrected chi connectivity index (χ3v) is 9.39. The molecule has 1 aromatic heterocycles. The SMILES string of the molecule is CCN(c1cc(C#CCN2CC(C)N(C(=O)OC(C)(C)C)C(C)C2)cc(C(=O)NCc2c(C(C)C)cc(C)[nH]c2=O)c1C)C1CCOCC1. The number of benzene rings is 1. The molecule has 49 heavy (non-hydrogen) atoms. The summed E-state index contributed by atoms with van der Waals surface area (Å²) in [6.07, 6.45) is 1.56. The van der Waals surface area contributed by atoms with Crippen molar-refractivity contribution in [1.82, 2.24) is 20.1 Å². The van der Waals surface area contributed by atoms with Gasteiger partial charge in [0, 0.05) is 85.6 Å². The number of hydrogen-bond acceptors (Lipinski definition) is 7. The van der Waals surface area contributed by atoms with E-state index in [1.165, 1.54) is 0 Å². The van der Waals surface area contributed by atoms with Crippen LogP contribution >= 0.6 is 0 Å². The Morgan fingerprint density at radius 3 is 2.35 bits per heavy atom. The average Bonchev–Trinajstić information content (AvgIpc) is 3.01. The Bertz CT molecular complexity index is 1600. The highest BCUT2D eigenvalue weighted by Gasteiger charge is 2.35. The molecule has 2 fully saturated rings. The second-order valence-corrected chi connectivity index (χ2v) is 14.9. The molecule has 10 heteroatoms. The van der Waals surface area contributed by atoms with Gasteiger partial charge in [-0.15, -0.1) is 0 Å². The van der Waals surface area contributed by atoms with E-state index in [2.05, 4.69) is 58.8 Å². The lowest BCUT2D eigenvalue weighted by Gasteiger charge is -2.44. The molecule has 2 atom stereocenters. The van der Waals surface area contributed by atoms with Gasteiger partial charge in [0.15, 0.2) is 0 Å². The number of nitrogens with one attached hydrogen (secondary N) is 2. The van der Waals surface area contributed by atoms with Gasteiger partial charge in [-0.05, 0) is 103 Å². The molecule has 0 saturated carbocycles. The minimum atomic E-state index is -0.546. The number of amides is 2. The van der Waals surface area contributed by atoms with Gasteiger partial charge in [0.2, 0.25) is 0 Å². The lowest BCUT2D eigenvalue weighted by atomic mass is 9.97. The zero-order chi connectivity index (χ0) is 36.0. The van der Waals surface area contributed by atoms with Gasteiger partial charge in [-0.3, -0.25) is 14.5 Å². The zero-order valence-corrected chi connectivity index (χ0v) is 31.3. The summed E-state index contributed by atoms with van der Waals surface area (Å²) in [6.45, 7) is 24.1. The first-order valence-electron chi connectivity index (χ1n) is 17.8. The summed E-state index contributed by atoms with van der Waals surface area (Å²) in [5.74, 6) is 6.63. The molecule has 2 saturated heterocycles. The summed E-state index contributed by atoms with van der Waals surface area (Å²) in [4.78, 5) is 49.0. The molecule has 0 bridgehead atoms. The molecular weight excluding hydrogens is 618 g/mol. The number of hydrogen-bond donors (Lipinski definition) is 2. The van der Waals surface area contributed by atoms with E-state index < -0.39 is 5.60 Å². The van der Waals surface area contributed by atoms with Crippen molar-refractivity contribution in [3.05, 3.63) is 62.1 Å². The van der Waals surface area contributed by atoms with Crippen LogP contribution in [-0.4, -0.2) is 89.9 Å². The molecule has 0 aliphatic carbocycles.